The number of aliphatic hydroxyl groups is 1. The molecule has 1 unspecified atom stereocenters. The van der Waals surface area contributed by atoms with Crippen LogP contribution in [0.3, 0.4) is 0 Å². The van der Waals surface area contributed by atoms with E-state index in [1.54, 1.807) is 0 Å². The van der Waals surface area contributed by atoms with Crippen molar-refractivity contribution in [2.45, 2.75) is 32.4 Å². The van der Waals surface area contributed by atoms with Crippen LogP contribution in [0.2, 0.25) is 0 Å². The predicted octanol–water partition coefficient (Wildman–Crippen LogP) is -0.139. The van der Waals surface area contributed by atoms with Crippen molar-refractivity contribution in [2.24, 2.45) is 11.7 Å². The summed E-state index contributed by atoms with van der Waals surface area (Å²) >= 11 is 0. The maximum Gasteiger partial charge on any atom is 0.244 e. The van der Waals surface area contributed by atoms with Crippen LogP contribution in [0.5, 0.6) is 0 Å². The van der Waals surface area contributed by atoms with Gasteiger partial charge in [0.1, 0.15) is 6.61 Å². The molecule has 1 aliphatic rings. The first-order chi connectivity index (χ1) is 7.70. The van der Waals surface area contributed by atoms with E-state index >= 15 is 0 Å². The summed E-state index contributed by atoms with van der Waals surface area (Å²) in [7, 11) is 0. The van der Waals surface area contributed by atoms with Crippen molar-refractivity contribution in [1.29, 1.82) is 0 Å². The van der Waals surface area contributed by atoms with Gasteiger partial charge in [0.05, 0.1) is 0 Å². The lowest BCUT2D eigenvalue weighted by molar-refractivity contribution is 0.272. The molecule has 0 amide bonds. The number of nitrogens with one attached hydrogen (secondary N) is 1. The summed E-state index contributed by atoms with van der Waals surface area (Å²) in [6.07, 6.45) is 2.17. The third-order valence-corrected chi connectivity index (χ3v) is 3.24. The summed E-state index contributed by atoms with van der Waals surface area (Å²) < 4.78 is 0. The van der Waals surface area contributed by atoms with Gasteiger partial charge < -0.3 is 15.7 Å². The van der Waals surface area contributed by atoms with Crippen LogP contribution in [0, 0.1) is 5.92 Å². The zero-order valence-electron chi connectivity index (χ0n) is 9.56. The van der Waals surface area contributed by atoms with E-state index < -0.39 is 0 Å². The summed E-state index contributed by atoms with van der Waals surface area (Å²) in [6.45, 7) is 3.85. The van der Waals surface area contributed by atoms with E-state index in [-0.39, 0.29) is 12.6 Å². The Labute approximate surface area is 94.9 Å². The van der Waals surface area contributed by atoms with Crippen LogP contribution in [0.15, 0.2) is 0 Å². The number of nitrogens with two attached hydrogens (primary N) is 1. The molecule has 0 radical (unpaired) electrons. The average Bonchev–Trinajstić information content (AvgIpc) is 2.77. The van der Waals surface area contributed by atoms with Crippen molar-refractivity contribution >= 4 is 5.95 Å². The lowest BCUT2D eigenvalue weighted by Crippen LogP contribution is -2.40. The zero-order valence-corrected chi connectivity index (χ0v) is 9.56. The molecule has 6 nitrogen and oxygen atoms in total. The number of hydrogen-bond donors (Lipinski definition) is 3. The normalized spacial score (nSPS) is 20.1. The number of aromatic nitrogens is 3. The third kappa shape index (κ3) is 2.33. The first-order valence-corrected chi connectivity index (χ1v) is 5.73. The Morgan fingerprint density at radius 2 is 2.25 bits per heavy atom. The Balaban J connectivity index is 1.93. The van der Waals surface area contributed by atoms with Gasteiger partial charge in [-0.3, -0.25) is 5.10 Å². The van der Waals surface area contributed by atoms with Crippen LogP contribution in [0.1, 0.15) is 25.6 Å². The van der Waals surface area contributed by atoms with Crippen molar-refractivity contribution in [3.05, 3.63) is 5.82 Å². The summed E-state index contributed by atoms with van der Waals surface area (Å²) in [5.41, 5.74) is 5.89. The molecule has 4 N–H and O–H groups in total. The second kappa shape index (κ2) is 4.80. The SMILES string of the molecule is CC(N)C1CCN(c2n[nH]c(CO)n2)CC1. The molecule has 16 heavy (non-hydrogen) atoms. The molecule has 1 aliphatic heterocycles. The fraction of sp³-hybridized carbons (Fsp3) is 0.800. The Bertz CT molecular complexity index is 330. The number of hydrogen-bond acceptors (Lipinski definition) is 5. The molecular weight excluding hydrogens is 206 g/mol. The molecule has 2 heterocycles. The average molecular weight is 225 g/mol. The van der Waals surface area contributed by atoms with Gasteiger partial charge in [-0.25, -0.2) is 0 Å². The van der Waals surface area contributed by atoms with Gasteiger partial charge in [-0.05, 0) is 25.7 Å². The molecule has 6 heteroatoms. The minimum absolute atomic E-state index is 0.0939. The molecule has 0 spiro atoms. The van der Waals surface area contributed by atoms with Gasteiger partial charge in [0.25, 0.3) is 0 Å². The molecule has 1 aromatic rings. The van der Waals surface area contributed by atoms with Crippen LogP contribution in [0.4, 0.5) is 5.95 Å². The van der Waals surface area contributed by atoms with Crippen LogP contribution >= 0.6 is 0 Å². The van der Waals surface area contributed by atoms with Gasteiger partial charge in [-0.2, -0.15) is 4.98 Å². The molecule has 1 atom stereocenters. The summed E-state index contributed by atoms with van der Waals surface area (Å²) in [5, 5.41) is 15.7. The molecule has 1 saturated heterocycles. The van der Waals surface area contributed by atoms with Crippen molar-refractivity contribution in [2.75, 3.05) is 18.0 Å². The molecule has 0 bridgehead atoms. The minimum Gasteiger partial charge on any atom is -0.388 e. The first-order valence-electron chi connectivity index (χ1n) is 5.73. The number of piperidine rings is 1. The Kier molecular flexibility index (Phi) is 3.40. The second-order valence-corrected chi connectivity index (χ2v) is 4.42. The largest absolute Gasteiger partial charge is 0.388 e. The number of aromatic amines is 1. The lowest BCUT2D eigenvalue weighted by atomic mass is 9.91. The maximum absolute atomic E-state index is 8.90. The molecule has 0 aliphatic carbocycles. The highest BCUT2D eigenvalue weighted by molar-refractivity contribution is 5.29. The smallest absolute Gasteiger partial charge is 0.244 e. The summed E-state index contributed by atoms with van der Waals surface area (Å²) in [5.74, 6) is 1.81. The highest BCUT2D eigenvalue weighted by Gasteiger charge is 2.23. The summed E-state index contributed by atoms with van der Waals surface area (Å²) in [4.78, 5) is 6.33. The van der Waals surface area contributed by atoms with Crippen molar-refractivity contribution in [3.63, 3.8) is 0 Å². The van der Waals surface area contributed by atoms with Crippen LogP contribution in [-0.2, 0) is 6.61 Å². The fourth-order valence-corrected chi connectivity index (χ4v) is 2.12. The molecule has 90 valence electrons. The number of nitrogens with zero attached hydrogens (tertiary/aromatic N) is 3. The van der Waals surface area contributed by atoms with Gasteiger partial charge in [-0.1, -0.05) is 0 Å². The van der Waals surface area contributed by atoms with Gasteiger partial charge in [0, 0.05) is 19.1 Å². The van der Waals surface area contributed by atoms with Crippen molar-refractivity contribution in [3.8, 4) is 0 Å². The van der Waals surface area contributed by atoms with E-state index in [1.165, 1.54) is 0 Å². The Morgan fingerprint density at radius 1 is 1.56 bits per heavy atom. The van der Waals surface area contributed by atoms with Gasteiger partial charge >= 0.3 is 0 Å². The monoisotopic (exact) mass is 225 g/mol. The van der Waals surface area contributed by atoms with Gasteiger partial charge in [0.15, 0.2) is 5.82 Å². The maximum atomic E-state index is 8.90. The summed E-state index contributed by atoms with van der Waals surface area (Å²) in [6, 6.07) is 0.266. The second-order valence-electron chi connectivity index (χ2n) is 4.42. The molecule has 0 saturated carbocycles. The third-order valence-electron chi connectivity index (χ3n) is 3.24. The zero-order chi connectivity index (χ0) is 11.5. The van der Waals surface area contributed by atoms with Crippen LogP contribution in [-0.4, -0.2) is 39.4 Å². The first kappa shape index (κ1) is 11.3. The number of H-pyrrole nitrogens is 1. The molecular formula is C10H19N5O. The minimum atomic E-state index is -0.0939. The van der Waals surface area contributed by atoms with E-state index in [4.69, 9.17) is 10.8 Å². The topological polar surface area (TPSA) is 91.1 Å². The van der Waals surface area contributed by atoms with Gasteiger partial charge in [-0.15, -0.1) is 5.10 Å². The van der Waals surface area contributed by atoms with E-state index in [9.17, 15) is 0 Å². The van der Waals surface area contributed by atoms with Gasteiger partial charge in [0.2, 0.25) is 5.95 Å². The van der Waals surface area contributed by atoms with E-state index in [0.29, 0.717) is 17.7 Å². The standard InChI is InChI=1S/C10H19N5O/c1-7(11)8-2-4-15(5-3-8)10-12-9(6-16)13-14-10/h7-8,16H,2-6,11H2,1H3,(H,12,13,14). The molecule has 0 aromatic carbocycles. The molecule has 2 rings (SSSR count). The number of rotatable bonds is 3. The van der Waals surface area contributed by atoms with Crippen molar-refractivity contribution < 1.29 is 5.11 Å². The molecule has 1 aromatic heterocycles. The highest BCUT2D eigenvalue weighted by atomic mass is 16.3. The van der Waals surface area contributed by atoms with Crippen LogP contribution < -0.4 is 10.6 Å². The fourth-order valence-electron chi connectivity index (χ4n) is 2.12. The van der Waals surface area contributed by atoms with Crippen molar-refractivity contribution in [1.82, 2.24) is 15.2 Å². The lowest BCUT2D eigenvalue weighted by Gasteiger charge is -2.32. The highest BCUT2D eigenvalue weighted by Crippen LogP contribution is 2.22. The van der Waals surface area contributed by atoms with E-state index in [0.717, 1.165) is 25.9 Å². The Morgan fingerprint density at radius 3 is 2.75 bits per heavy atom. The van der Waals surface area contributed by atoms with E-state index in [2.05, 4.69) is 27.0 Å². The quantitative estimate of drug-likeness (QED) is 0.666. The molecule has 1 fully saturated rings. The number of aliphatic hydroxyl groups excluding tert-OH is 1. The Hall–Kier alpha value is -1.14. The van der Waals surface area contributed by atoms with Crippen LogP contribution in [0.25, 0.3) is 0 Å². The predicted molar refractivity (Wildman–Crippen MR) is 60.9 cm³/mol. The number of anilines is 1. The van der Waals surface area contributed by atoms with E-state index in [1.807, 2.05) is 0 Å².